The van der Waals surface area contributed by atoms with Crippen LogP contribution in [0.2, 0.25) is 0 Å². The van der Waals surface area contributed by atoms with Crippen molar-refractivity contribution in [1.29, 1.82) is 0 Å². The fraction of sp³-hybridized carbons (Fsp3) is 0.0476. The SMILES string of the molecule is Cc1ccc2cccc([O][Al]([O]c3cccc4cc(-c5cccc(-c6ccccc6)c5)ccc34)[O]c3cccc4ccc(C)nc34)c2n1. The summed E-state index contributed by atoms with van der Waals surface area (Å²) < 4.78 is 20.1. The molecule has 0 aliphatic rings. The number of hydrogen-bond donors (Lipinski definition) is 0. The molecule has 0 saturated carbocycles. The Kier molecular flexibility index (Phi) is 7.96. The van der Waals surface area contributed by atoms with Crippen LogP contribution in [0.25, 0.3) is 54.8 Å². The van der Waals surface area contributed by atoms with Crippen LogP contribution in [-0.4, -0.2) is 25.1 Å². The Morgan fingerprint density at radius 1 is 0.396 bits per heavy atom. The molecular weight excluding hydrogens is 607 g/mol. The summed E-state index contributed by atoms with van der Waals surface area (Å²) in [6.45, 7) is 3.95. The fourth-order valence-corrected chi connectivity index (χ4v) is 7.41. The van der Waals surface area contributed by atoms with E-state index in [1.807, 2.05) is 80.6 Å². The van der Waals surface area contributed by atoms with E-state index in [-0.39, 0.29) is 0 Å². The van der Waals surface area contributed by atoms with Gasteiger partial charge in [0.1, 0.15) is 22.5 Å². The van der Waals surface area contributed by atoms with Gasteiger partial charge in [-0.3, -0.25) is 0 Å². The molecule has 0 radical (unpaired) electrons. The van der Waals surface area contributed by atoms with Crippen molar-refractivity contribution in [2.75, 3.05) is 0 Å². The number of aromatic nitrogens is 2. The van der Waals surface area contributed by atoms with Crippen LogP contribution in [0.15, 0.2) is 152 Å². The minimum atomic E-state index is -2.96. The van der Waals surface area contributed by atoms with Crippen LogP contribution in [0.1, 0.15) is 11.4 Å². The molecule has 2 heterocycles. The van der Waals surface area contributed by atoms with Gasteiger partial charge in [-0.05, 0) is 84.0 Å². The summed E-state index contributed by atoms with van der Waals surface area (Å²) in [6.07, 6.45) is 0. The molecule has 230 valence electrons. The highest BCUT2D eigenvalue weighted by Gasteiger charge is 2.45. The summed E-state index contributed by atoms with van der Waals surface area (Å²) >= 11 is -2.96. The van der Waals surface area contributed by atoms with Gasteiger partial charge in [0.05, 0.1) is 5.75 Å². The molecule has 0 unspecified atom stereocenters. The van der Waals surface area contributed by atoms with Gasteiger partial charge in [-0.15, -0.1) is 0 Å². The van der Waals surface area contributed by atoms with Crippen molar-refractivity contribution in [3.8, 4) is 39.5 Å². The molecule has 0 amide bonds. The van der Waals surface area contributed by atoms with Crippen molar-refractivity contribution < 1.29 is 11.4 Å². The summed E-state index contributed by atoms with van der Waals surface area (Å²) in [7, 11) is 0. The van der Waals surface area contributed by atoms with E-state index in [0.29, 0.717) is 17.2 Å². The third-order valence-corrected chi connectivity index (χ3v) is 9.80. The van der Waals surface area contributed by atoms with Crippen molar-refractivity contribution in [2.24, 2.45) is 0 Å². The second kappa shape index (κ2) is 12.9. The van der Waals surface area contributed by atoms with Crippen LogP contribution in [0.5, 0.6) is 17.2 Å². The van der Waals surface area contributed by atoms with E-state index >= 15 is 0 Å². The van der Waals surface area contributed by atoms with Crippen molar-refractivity contribution >= 4 is 47.7 Å². The van der Waals surface area contributed by atoms with E-state index in [1.54, 1.807) is 0 Å². The minimum absolute atomic E-state index is 0.623. The molecule has 8 aromatic rings. The average Bonchev–Trinajstić information content (AvgIpc) is 3.12. The largest absolute Gasteiger partial charge is 1.20 e. The van der Waals surface area contributed by atoms with Gasteiger partial charge in [0.15, 0.2) is 0 Å². The van der Waals surface area contributed by atoms with Crippen molar-refractivity contribution in [3.63, 3.8) is 0 Å². The van der Waals surface area contributed by atoms with Crippen molar-refractivity contribution in [2.45, 2.75) is 13.8 Å². The highest BCUT2D eigenvalue weighted by Crippen LogP contribution is 2.34. The van der Waals surface area contributed by atoms with Gasteiger partial charge in [0.25, 0.3) is 0 Å². The van der Waals surface area contributed by atoms with Gasteiger partial charge < -0.3 is 11.4 Å². The molecule has 0 N–H and O–H groups in total. The number of nitrogens with zero attached hydrogens (tertiary/aromatic N) is 2. The van der Waals surface area contributed by atoms with E-state index < -0.39 is 15.1 Å². The number of hydrogen-bond acceptors (Lipinski definition) is 5. The summed E-state index contributed by atoms with van der Waals surface area (Å²) in [4.78, 5) is 9.58. The molecule has 0 saturated heterocycles. The molecule has 0 fully saturated rings. The van der Waals surface area contributed by atoms with Crippen molar-refractivity contribution in [3.05, 3.63) is 163 Å². The van der Waals surface area contributed by atoms with E-state index in [4.69, 9.17) is 21.3 Å². The predicted octanol–water partition coefficient (Wildman–Crippen LogP) is 10.4. The van der Waals surface area contributed by atoms with Gasteiger partial charge in [0, 0.05) is 27.5 Å². The molecule has 8 rings (SSSR count). The van der Waals surface area contributed by atoms with E-state index in [1.165, 1.54) is 11.1 Å². The topological polar surface area (TPSA) is 53.5 Å². The Morgan fingerprint density at radius 2 is 0.896 bits per heavy atom. The first-order valence-corrected chi connectivity index (χ1v) is 17.4. The maximum atomic E-state index is 6.76. The maximum absolute atomic E-state index is 6.76. The zero-order valence-electron chi connectivity index (χ0n) is 26.6. The standard InChI is InChI=1S/C22H16O.2C10H9NO.Al/c23-22-11-5-10-20-15-19(12-13-21(20)22)18-9-4-8-17(14-18)16-6-2-1-3-7-16;2*1-7-5-6-8-3-2-4-9(12)10(8)11-7;/h1-15,23H;2*2-6,12H,1H3;/q;;;+3/p-3. The normalized spacial score (nSPS) is 11.1. The number of fused-ring (bicyclic) bond motifs is 3. The molecular formula is C42H31AlN2O3. The van der Waals surface area contributed by atoms with Gasteiger partial charge in [-0.1, -0.05) is 109 Å². The van der Waals surface area contributed by atoms with Crippen LogP contribution in [0.3, 0.4) is 0 Å². The van der Waals surface area contributed by atoms with E-state index in [2.05, 4.69) is 84.9 Å². The second-order valence-corrected chi connectivity index (χ2v) is 13.1. The Hall–Kier alpha value is -5.67. The van der Waals surface area contributed by atoms with Gasteiger partial charge in [0.2, 0.25) is 0 Å². The van der Waals surface area contributed by atoms with E-state index in [0.717, 1.165) is 55.1 Å². The molecule has 6 aromatic carbocycles. The highest BCUT2D eigenvalue weighted by molar-refractivity contribution is 6.40. The molecule has 5 nitrogen and oxygen atoms in total. The number of para-hydroxylation sites is 2. The fourth-order valence-electron chi connectivity index (χ4n) is 6.05. The van der Waals surface area contributed by atoms with Gasteiger partial charge in [-0.25, -0.2) is 9.97 Å². The first-order valence-electron chi connectivity index (χ1n) is 16.0. The average molecular weight is 639 g/mol. The first-order chi connectivity index (χ1) is 23.6. The number of benzene rings is 6. The predicted molar refractivity (Wildman–Crippen MR) is 195 cm³/mol. The lowest BCUT2D eigenvalue weighted by molar-refractivity contribution is 0.311. The lowest BCUT2D eigenvalue weighted by atomic mass is 9.97. The lowest BCUT2D eigenvalue weighted by Crippen LogP contribution is -2.37. The number of rotatable bonds is 8. The second-order valence-electron chi connectivity index (χ2n) is 11.8. The summed E-state index contributed by atoms with van der Waals surface area (Å²) in [5.74, 6) is 1.94. The van der Waals surface area contributed by atoms with E-state index in [9.17, 15) is 0 Å². The third kappa shape index (κ3) is 6.08. The smallest absolute Gasteiger partial charge is 0.577 e. The van der Waals surface area contributed by atoms with Gasteiger partial charge >= 0.3 is 15.1 Å². The summed E-state index contributed by atoms with van der Waals surface area (Å²) in [5, 5.41) is 4.02. The Balaban J connectivity index is 1.17. The molecule has 2 aromatic heterocycles. The molecule has 0 aliphatic carbocycles. The van der Waals surface area contributed by atoms with Crippen LogP contribution in [0, 0.1) is 13.8 Å². The van der Waals surface area contributed by atoms with Crippen molar-refractivity contribution in [1.82, 2.24) is 9.97 Å². The molecule has 6 heteroatoms. The Bertz CT molecular complexity index is 2340. The van der Waals surface area contributed by atoms with Gasteiger partial charge in [-0.2, -0.15) is 0 Å². The quantitative estimate of drug-likeness (QED) is 0.155. The minimum Gasteiger partial charge on any atom is -0.577 e. The monoisotopic (exact) mass is 638 g/mol. The Labute approximate surface area is 284 Å². The first kappa shape index (κ1) is 29.7. The number of pyridine rings is 2. The molecule has 0 spiro atoms. The highest BCUT2D eigenvalue weighted by atomic mass is 27.3. The summed E-state index contributed by atoms with van der Waals surface area (Å²) in [6, 6.07) is 51.6. The van der Waals surface area contributed by atoms with Crippen LogP contribution in [-0.2, 0) is 0 Å². The van der Waals surface area contributed by atoms with Crippen LogP contribution < -0.4 is 11.4 Å². The molecule has 48 heavy (non-hydrogen) atoms. The summed E-state index contributed by atoms with van der Waals surface area (Å²) in [5.41, 5.74) is 8.03. The van der Waals surface area contributed by atoms with Crippen LogP contribution >= 0.6 is 0 Å². The third-order valence-electron chi connectivity index (χ3n) is 8.46. The molecule has 0 aliphatic heterocycles. The molecule has 0 atom stereocenters. The lowest BCUT2D eigenvalue weighted by Gasteiger charge is -2.19. The van der Waals surface area contributed by atoms with Crippen LogP contribution in [0.4, 0.5) is 0 Å². The number of aryl methyl sites for hydroxylation is 2. The Morgan fingerprint density at radius 3 is 1.54 bits per heavy atom. The zero-order valence-corrected chi connectivity index (χ0v) is 27.8. The maximum Gasteiger partial charge on any atom is 1.20 e. The zero-order chi connectivity index (χ0) is 32.5. The molecule has 0 bridgehead atoms.